The lowest BCUT2D eigenvalue weighted by Gasteiger charge is -2.20. The highest BCUT2D eigenvalue weighted by Crippen LogP contribution is 2.34. The lowest BCUT2D eigenvalue weighted by molar-refractivity contribution is 0.289. The summed E-state index contributed by atoms with van der Waals surface area (Å²) in [6.45, 7) is 9.79. The van der Waals surface area contributed by atoms with Crippen molar-refractivity contribution in [2.24, 2.45) is 0 Å². The summed E-state index contributed by atoms with van der Waals surface area (Å²) >= 11 is 3.21. The van der Waals surface area contributed by atoms with E-state index >= 15 is 0 Å². The van der Waals surface area contributed by atoms with Gasteiger partial charge < -0.3 is 4.90 Å². The van der Waals surface area contributed by atoms with Crippen molar-refractivity contribution in [3.05, 3.63) is 63.1 Å². The minimum absolute atomic E-state index is 0.0578. The van der Waals surface area contributed by atoms with Crippen LogP contribution in [-0.2, 0) is 6.54 Å². The third-order valence-electron chi connectivity index (χ3n) is 5.32. The Morgan fingerprint density at radius 1 is 1.07 bits per heavy atom. The molecule has 150 valence electrons. The Hall–Kier alpha value is -2.28. The van der Waals surface area contributed by atoms with E-state index in [1.54, 1.807) is 22.7 Å². The van der Waals surface area contributed by atoms with Gasteiger partial charge in [-0.25, -0.2) is 4.98 Å². The quantitative estimate of drug-likeness (QED) is 0.394. The number of rotatable bonds is 7. The second-order valence-corrected chi connectivity index (χ2v) is 8.90. The Morgan fingerprint density at radius 2 is 1.83 bits per heavy atom. The molecule has 0 aliphatic carbocycles. The summed E-state index contributed by atoms with van der Waals surface area (Å²) in [5.41, 5.74) is 3.25. The molecule has 4 nitrogen and oxygen atoms in total. The molecule has 0 spiro atoms. The average Bonchev–Trinajstić information content (AvgIpc) is 3.40. The molecule has 0 aliphatic rings. The van der Waals surface area contributed by atoms with Crippen molar-refractivity contribution in [1.29, 1.82) is 0 Å². The van der Waals surface area contributed by atoms with Gasteiger partial charge in [-0.05, 0) is 31.5 Å². The van der Waals surface area contributed by atoms with Crippen LogP contribution in [0.3, 0.4) is 0 Å². The molecule has 0 amide bonds. The molecule has 0 atom stereocenters. The van der Waals surface area contributed by atoms with E-state index in [1.807, 2.05) is 16.0 Å². The predicted molar refractivity (Wildman–Crippen MR) is 125 cm³/mol. The summed E-state index contributed by atoms with van der Waals surface area (Å²) in [5, 5.41) is 4.86. The monoisotopic (exact) mass is 423 g/mol. The van der Waals surface area contributed by atoms with Gasteiger partial charge in [-0.15, -0.1) is 22.7 Å². The van der Waals surface area contributed by atoms with E-state index in [0.29, 0.717) is 6.54 Å². The molecule has 0 unspecified atom stereocenters. The van der Waals surface area contributed by atoms with Gasteiger partial charge in [0.1, 0.15) is 10.7 Å². The number of nitrogens with zero attached hydrogens (tertiary/aromatic N) is 3. The highest BCUT2D eigenvalue weighted by Gasteiger charge is 2.18. The van der Waals surface area contributed by atoms with Gasteiger partial charge in [0.15, 0.2) is 0 Å². The molecule has 0 saturated carbocycles. The lowest BCUT2D eigenvalue weighted by Crippen LogP contribution is -2.32. The molecule has 0 bridgehead atoms. The molecule has 0 N–H and O–H groups in total. The van der Waals surface area contributed by atoms with Crippen LogP contribution in [0.25, 0.3) is 32.0 Å². The Labute approximate surface area is 179 Å². The fourth-order valence-corrected chi connectivity index (χ4v) is 5.30. The van der Waals surface area contributed by atoms with E-state index < -0.39 is 0 Å². The third-order valence-corrected chi connectivity index (χ3v) is 7.10. The van der Waals surface area contributed by atoms with Crippen LogP contribution in [0.2, 0.25) is 0 Å². The van der Waals surface area contributed by atoms with Crippen LogP contribution in [0.1, 0.15) is 19.4 Å². The van der Waals surface area contributed by atoms with E-state index in [1.165, 1.54) is 5.56 Å². The maximum absolute atomic E-state index is 13.7. The topological polar surface area (TPSA) is 38.1 Å². The van der Waals surface area contributed by atoms with Gasteiger partial charge in [-0.1, -0.05) is 49.7 Å². The number of thiophene rings is 2. The number of fused-ring (bicyclic) bond motifs is 1. The number of hydrogen-bond donors (Lipinski definition) is 0. The molecule has 1 aromatic carbocycles. The smallest absolute Gasteiger partial charge is 0.263 e. The molecule has 0 fully saturated rings. The highest BCUT2D eigenvalue weighted by molar-refractivity contribution is 7.18. The molecule has 29 heavy (non-hydrogen) atoms. The first-order valence-corrected chi connectivity index (χ1v) is 11.7. The molecular weight excluding hydrogens is 398 g/mol. The van der Waals surface area contributed by atoms with Crippen molar-refractivity contribution in [2.45, 2.75) is 27.3 Å². The fraction of sp³-hybridized carbons (Fsp3) is 0.304. The summed E-state index contributed by atoms with van der Waals surface area (Å²) < 4.78 is 1.87. The molecule has 3 aromatic heterocycles. The summed E-state index contributed by atoms with van der Waals surface area (Å²) in [4.78, 5) is 22.9. The van der Waals surface area contributed by atoms with Crippen molar-refractivity contribution in [1.82, 2.24) is 14.5 Å². The zero-order chi connectivity index (χ0) is 20.4. The van der Waals surface area contributed by atoms with Gasteiger partial charge in [0.2, 0.25) is 0 Å². The van der Waals surface area contributed by atoms with Crippen molar-refractivity contribution in [2.75, 3.05) is 19.6 Å². The first kappa shape index (κ1) is 20.0. The van der Waals surface area contributed by atoms with Crippen LogP contribution < -0.4 is 5.56 Å². The van der Waals surface area contributed by atoms with E-state index in [9.17, 15) is 4.79 Å². The second kappa shape index (κ2) is 8.61. The highest BCUT2D eigenvalue weighted by atomic mass is 32.1. The molecule has 4 aromatic rings. The number of hydrogen-bond acceptors (Lipinski definition) is 5. The van der Waals surface area contributed by atoms with Crippen molar-refractivity contribution >= 4 is 32.9 Å². The zero-order valence-electron chi connectivity index (χ0n) is 17.0. The van der Waals surface area contributed by atoms with Gasteiger partial charge >= 0.3 is 0 Å². The molecule has 0 saturated heterocycles. The van der Waals surface area contributed by atoms with Gasteiger partial charge in [-0.3, -0.25) is 9.36 Å². The maximum Gasteiger partial charge on any atom is 0.263 e. The van der Waals surface area contributed by atoms with Gasteiger partial charge in [0.25, 0.3) is 5.56 Å². The first-order valence-electron chi connectivity index (χ1n) is 9.97. The number of aromatic nitrogens is 2. The standard InChI is InChI=1S/C23H25N3OS2/c1-4-25(5-2)12-13-26-21(17-10-8-16(3)9-11-17)24-22-20(23(26)27)18(15-29-22)19-7-6-14-28-19/h6-11,14-15H,4-5,12-13H2,1-3H3. The third kappa shape index (κ3) is 3.92. The van der Waals surface area contributed by atoms with Crippen molar-refractivity contribution in [3.63, 3.8) is 0 Å². The van der Waals surface area contributed by atoms with Crippen molar-refractivity contribution in [3.8, 4) is 21.8 Å². The van der Waals surface area contributed by atoms with Crippen LogP contribution in [0.4, 0.5) is 0 Å². The summed E-state index contributed by atoms with van der Waals surface area (Å²) in [6.07, 6.45) is 0. The number of benzene rings is 1. The fourth-order valence-electron chi connectivity index (χ4n) is 3.55. The van der Waals surface area contributed by atoms with Crippen LogP contribution >= 0.6 is 22.7 Å². The Kier molecular flexibility index (Phi) is 5.94. The van der Waals surface area contributed by atoms with E-state index in [2.05, 4.69) is 61.4 Å². The molecule has 0 radical (unpaired) electrons. The van der Waals surface area contributed by atoms with E-state index in [4.69, 9.17) is 4.98 Å². The average molecular weight is 424 g/mol. The van der Waals surface area contributed by atoms with Gasteiger partial charge in [0, 0.05) is 34.5 Å². The Balaban J connectivity index is 1.90. The SMILES string of the molecule is CCN(CC)CCn1c(-c2ccc(C)cc2)nc2scc(-c3cccs3)c2c1=O. The lowest BCUT2D eigenvalue weighted by atomic mass is 10.1. The predicted octanol–water partition coefficient (Wildman–Crippen LogP) is 5.50. The normalized spacial score (nSPS) is 11.6. The maximum atomic E-state index is 13.7. The molecular formula is C23H25N3OS2. The van der Waals surface area contributed by atoms with Crippen molar-refractivity contribution < 1.29 is 0 Å². The minimum Gasteiger partial charge on any atom is -0.302 e. The van der Waals surface area contributed by atoms with E-state index in [0.717, 1.165) is 51.7 Å². The largest absolute Gasteiger partial charge is 0.302 e. The molecule has 3 heterocycles. The van der Waals surface area contributed by atoms with Crippen LogP contribution in [0, 0.1) is 6.92 Å². The number of aryl methyl sites for hydroxylation is 1. The van der Waals surface area contributed by atoms with Crippen LogP contribution in [0.5, 0.6) is 0 Å². The van der Waals surface area contributed by atoms with Crippen LogP contribution in [0.15, 0.2) is 52.0 Å². The molecule has 4 rings (SSSR count). The Bertz CT molecular complexity index is 1150. The first-order chi connectivity index (χ1) is 14.1. The molecule has 6 heteroatoms. The van der Waals surface area contributed by atoms with Gasteiger partial charge in [-0.2, -0.15) is 0 Å². The minimum atomic E-state index is 0.0578. The van der Waals surface area contributed by atoms with E-state index in [-0.39, 0.29) is 5.56 Å². The second-order valence-electron chi connectivity index (χ2n) is 7.09. The molecule has 0 aliphatic heterocycles. The Morgan fingerprint density at radius 3 is 2.48 bits per heavy atom. The summed E-state index contributed by atoms with van der Waals surface area (Å²) in [6, 6.07) is 12.4. The van der Waals surface area contributed by atoms with Gasteiger partial charge in [0.05, 0.1) is 5.39 Å². The summed E-state index contributed by atoms with van der Waals surface area (Å²) in [7, 11) is 0. The number of likely N-dealkylation sites (N-methyl/N-ethyl adjacent to an activating group) is 1. The summed E-state index contributed by atoms with van der Waals surface area (Å²) in [5.74, 6) is 0.759. The zero-order valence-corrected chi connectivity index (χ0v) is 18.6. The van der Waals surface area contributed by atoms with Crippen LogP contribution in [-0.4, -0.2) is 34.1 Å².